The fourth-order valence-corrected chi connectivity index (χ4v) is 1.71. The summed E-state index contributed by atoms with van der Waals surface area (Å²) in [6, 6.07) is -0.677. The number of aromatic nitrogens is 1. The van der Waals surface area contributed by atoms with Crippen LogP contribution in [-0.2, 0) is 16.1 Å². The van der Waals surface area contributed by atoms with Gasteiger partial charge in [0, 0.05) is 5.38 Å². The minimum Gasteiger partial charge on any atom is -0.480 e. The molecule has 9 heteroatoms. The molecule has 0 unspecified atom stereocenters. The second-order valence-electron chi connectivity index (χ2n) is 3.35. The molecule has 0 aliphatic carbocycles. The lowest BCUT2D eigenvalue weighted by molar-refractivity contribution is -0.137. The highest BCUT2D eigenvalue weighted by atomic mass is 32.1. The van der Waals surface area contributed by atoms with Gasteiger partial charge >= 0.3 is 12.0 Å². The predicted molar refractivity (Wildman–Crippen MR) is 62.8 cm³/mol. The first-order valence-corrected chi connectivity index (χ1v) is 5.83. The van der Waals surface area contributed by atoms with Crippen molar-refractivity contribution in [3.63, 3.8) is 0 Å². The van der Waals surface area contributed by atoms with Gasteiger partial charge in [-0.05, 0) is 0 Å². The Labute approximate surface area is 106 Å². The van der Waals surface area contributed by atoms with Crippen LogP contribution in [0.15, 0.2) is 10.9 Å². The standard InChI is InChI=1S/C9H12N4O4S/c10-7(14)2-13(3-8(15)16)9(17)11-1-6-4-18-5-12-6/h4-5H,1-3H2,(H2,10,14)(H,11,17)(H,15,16). The van der Waals surface area contributed by atoms with E-state index in [-0.39, 0.29) is 6.54 Å². The van der Waals surface area contributed by atoms with E-state index in [0.29, 0.717) is 5.69 Å². The number of hydrogen-bond donors (Lipinski definition) is 3. The SMILES string of the molecule is NC(=O)CN(CC(=O)O)C(=O)NCc1cscn1. The van der Waals surface area contributed by atoms with E-state index in [1.165, 1.54) is 11.3 Å². The summed E-state index contributed by atoms with van der Waals surface area (Å²) in [5.41, 5.74) is 7.20. The van der Waals surface area contributed by atoms with E-state index >= 15 is 0 Å². The fourth-order valence-electron chi connectivity index (χ4n) is 1.15. The maximum atomic E-state index is 11.6. The second kappa shape index (κ2) is 6.55. The third kappa shape index (κ3) is 4.78. The van der Waals surface area contributed by atoms with Gasteiger partial charge in [0.25, 0.3) is 0 Å². The zero-order valence-corrected chi connectivity index (χ0v) is 10.1. The van der Waals surface area contributed by atoms with Gasteiger partial charge in [0.15, 0.2) is 0 Å². The number of nitrogens with two attached hydrogens (primary N) is 1. The average molecular weight is 272 g/mol. The highest BCUT2D eigenvalue weighted by Crippen LogP contribution is 2.00. The molecule has 0 fully saturated rings. The molecule has 98 valence electrons. The van der Waals surface area contributed by atoms with Crippen LogP contribution in [0.1, 0.15) is 5.69 Å². The molecule has 3 amide bonds. The average Bonchev–Trinajstić information content (AvgIpc) is 2.76. The zero-order valence-electron chi connectivity index (χ0n) is 9.33. The Kier molecular flexibility index (Phi) is 5.06. The first kappa shape index (κ1) is 13.9. The molecule has 1 heterocycles. The van der Waals surface area contributed by atoms with Crippen LogP contribution in [0.5, 0.6) is 0 Å². The van der Waals surface area contributed by atoms with Crippen molar-refractivity contribution in [1.29, 1.82) is 0 Å². The van der Waals surface area contributed by atoms with Crippen LogP contribution in [0.3, 0.4) is 0 Å². The molecule has 0 saturated heterocycles. The van der Waals surface area contributed by atoms with Crippen LogP contribution in [-0.4, -0.2) is 46.0 Å². The van der Waals surface area contributed by atoms with E-state index in [4.69, 9.17) is 10.8 Å². The Morgan fingerprint density at radius 3 is 2.67 bits per heavy atom. The summed E-state index contributed by atoms with van der Waals surface area (Å²) in [6.07, 6.45) is 0. The van der Waals surface area contributed by atoms with Gasteiger partial charge in [-0.1, -0.05) is 0 Å². The molecule has 0 bridgehead atoms. The van der Waals surface area contributed by atoms with Crippen LogP contribution in [0, 0.1) is 0 Å². The number of carboxylic acid groups (broad SMARTS) is 1. The van der Waals surface area contributed by atoms with Gasteiger partial charge in [-0.3, -0.25) is 9.59 Å². The van der Waals surface area contributed by atoms with Crippen molar-refractivity contribution in [1.82, 2.24) is 15.2 Å². The summed E-state index contributed by atoms with van der Waals surface area (Å²) in [5.74, 6) is -2.00. The van der Waals surface area contributed by atoms with Crippen LogP contribution < -0.4 is 11.1 Å². The van der Waals surface area contributed by atoms with Gasteiger partial charge in [0.05, 0.1) is 17.7 Å². The summed E-state index contributed by atoms with van der Waals surface area (Å²) < 4.78 is 0. The van der Waals surface area contributed by atoms with Gasteiger partial charge in [-0.2, -0.15) is 0 Å². The number of carboxylic acids is 1. The lowest BCUT2D eigenvalue weighted by Gasteiger charge is -2.19. The van der Waals surface area contributed by atoms with E-state index in [2.05, 4.69) is 10.3 Å². The van der Waals surface area contributed by atoms with Crippen LogP contribution in [0.4, 0.5) is 4.79 Å². The van der Waals surface area contributed by atoms with Crippen molar-refractivity contribution < 1.29 is 19.5 Å². The molecule has 18 heavy (non-hydrogen) atoms. The number of carbonyl (C=O) groups excluding carboxylic acids is 2. The number of aliphatic carboxylic acids is 1. The van der Waals surface area contributed by atoms with Crippen LogP contribution in [0.2, 0.25) is 0 Å². The molecule has 1 aromatic rings. The monoisotopic (exact) mass is 272 g/mol. The summed E-state index contributed by atoms with van der Waals surface area (Å²) >= 11 is 1.38. The van der Waals surface area contributed by atoms with Crippen molar-refractivity contribution in [2.75, 3.05) is 13.1 Å². The topological polar surface area (TPSA) is 126 Å². The second-order valence-corrected chi connectivity index (χ2v) is 4.07. The number of rotatable bonds is 6. The molecule has 0 radical (unpaired) electrons. The first-order valence-electron chi connectivity index (χ1n) is 4.89. The van der Waals surface area contributed by atoms with Crippen molar-refractivity contribution in [3.8, 4) is 0 Å². The van der Waals surface area contributed by atoms with Crippen LogP contribution >= 0.6 is 11.3 Å². The molecule has 0 aliphatic heterocycles. The summed E-state index contributed by atoms with van der Waals surface area (Å²) in [7, 11) is 0. The number of primary amides is 1. The van der Waals surface area contributed by atoms with Crippen molar-refractivity contribution in [2.45, 2.75) is 6.54 Å². The van der Waals surface area contributed by atoms with Crippen LogP contribution in [0.25, 0.3) is 0 Å². The van der Waals surface area contributed by atoms with Gasteiger partial charge < -0.3 is 21.1 Å². The number of nitrogens with one attached hydrogen (secondary N) is 1. The minimum atomic E-state index is -1.22. The Morgan fingerprint density at radius 1 is 1.44 bits per heavy atom. The normalized spacial score (nSPS) is 9.78. The molecule has 4 N–H and O–H groups in total. The van der Waals surface area contributed by atoms with Crippen molar-refractivity contribution in [2.24, 2.45) is 5.73 Å². The van der Waals surface area contributed by atoms with E-state index in [0.717, 1.165) is 4.90 Å². The highest BCUT2D eigenvalue weighted by molar-refractivity contribution is 7.07. The van der Waals surface area contributed by atoms with E-state index in [1.807, 2.05) is 0 Å². The Bertz CT molecular complexity index is 418. The molecule has 0 spiro atoms. The zero-order chi connectivity index (χ0) is 13.5. The number of urea groups is 1. The molecule has 1 aromatic heterocycles. The van der Waals surface area contributed by atoms with Gasteiger partial charge in [-0.25, -0.2) is 9.78 Å². The Morgan fingerprint density at radius 2 is 2.17 bits per heavy atom. The van der Waals surface area contributed by atoms with E-state index in [1.54, 1.807) is 10.9 Å². The Balaban J connectivity index is 2.52. The number of nitrogens with zero attached hydrogens (tertiary/aromatic N) is 2. The number of amides is 3. The molecule has 0 aliphatic rings. The van der Waals surface area contributed by atoms with Crippen molar-refractivity contribution >= 4 is 29.2 Å². The number of hydrogen-bond acceptors (Lipinski definition) is 5. The summed E-state index contributed by atoms with van der Waals surface area (Å²) in [5, 5.41) is 12.8. The quantitative estimate of drug-likeness (QED) is 0.626. The number of carbonyl (C=O) groups is 3. The lowest BCUT2D eigenvalue weighted by Crippen LogP contribution is -2.46. The van der Waals surface area contributed by atoms with Gasteiger partial charge in [-0.15, -0.1) is 11.3 Å². The molecule has 1 rings (SSSR count). The molecule has 8 nitrogen and oxygen atoms in total. The third-order valence-electron chi connectivity index (χ3n) is 1.86. The predicted octanol–water partition coefficient (Wildman–Crippen LogP) is -0.775. The molecular weight excluding hydrogens is 260 g/mol. The van der Waals surface area contributed by atoms with Crippen molar-refractivity contribution in [3.05, 3.63) is 16.6 Å². The fraction of sp³-hybridized carbons (Fsp3) is 0.333. The maximum Gasteiger partial charge on any atom is 0.323 e. The molecule has 0 aromatic carbocycles. The third-order valence-corrected chi connectivity index (χ3v) is 2.50. The highest BCUT2D eigenvalue weighted by Gasteiger charge is 2.18. The summed E-state index contributed by atoms with van der Waals surface area (Å²) in [6.45, 7) is -0.877. The molecule has 0 atom stereocenters. The maximum absolute atomic E-state index is 11.6. The van der Waals surface area contributed by atoms with E-state index < -0.39 is 31.0 Å². The number of thiazole rings is 1. The van der Waals surface area contributed by atoms with Gasteiger partial charge in [0.1, 0.15) is 13.1 Å². The largest absolute Gasteiger partial charge is 0.480 e. The first-order chi connectivity index (χ1) is 8.49. The minimum absolute atomic E-state index is 0.164. The Hall–Kier alpha value is -2.16. The molecule has 0 saturated carbocycles. The lowest BCUT2D eigenvalue weighted by atomic mass is 10.4. The summed E-state index contributed by atoms with van der Waals surface area (Å²) in [4.78, 5) is 37.7. The smallest absolute Gasteiger partial charge is 0.323 e. The van der Waals surface area contributed by atoms with E-state index in [9.17, 15) is 14.4 Å². The molecular formula is C9H12N4O4S. The van der Waals surface area contributed by atoms with Gasteiger partial charge in [0.2, 0.25) is 5.91 Å².